The first kappa shape index (κ1) is 18.2. The van der Waals surface area contributed by atoms with Crippen LogP contribution in [0, 0.1) is 11.6 Å². The van der Waals surface area contributed by atoms with Gasteiger partial charge in [0.05, 0.1) is 11.8 Å². The second kappa shape index (κ2) is 7.10. The van der Waals surface area contributed by atoms with Crippen molar-refractivity contribution in [2.45, 2.75) is 13.5 Å². The van der Waals surface area contributed by atoms with Crippen molar-refractivity contribution < 1.29 is 22.8 Å². The van der Waals surface area contributed by atoms with E-state index >= 15 is 0 Å². The van der Waals surface area contributed by atoms with Crippen LogP contribution in [0.5, 0.6) is 0 Å². The normalized spacial score (nSPS) is 14.7. The fourth-order valence-electron chi connectivity index (χ4n) is 3.53. The van der Waals surface area contributed by atoms with Crippen molar-refractivity contribution in [3.8, 4) is 0 Å². The Hall–Kier alpha value is -3.16. The van der Waals surface area contributed by atoms with Gasteiger partial charge in [-0.3, -0.25) is 9.59 Å². The highest BCUT2D eigenvalue weighted by molar-refractivity contribution is 5.97. The number of amides is 2. The van der Waals surface area contributed by atoms with E-state index in [1.165, 1.54) is 19.3 Å². The van der Waals surface area contributed by atoms with Crippen LogP contribution in [0.15, 0.2) is 41.0 Å². The molecule has 146 valence electrons. The molecule has 0 atom stereocenters. The minimum absolute atomic E-state index is 0.00803. The molecular weight excluding hydrogens is 368 g/mol. The van der Waals surface area contributed by atoms with E-state index < -0.39 is 11.6 Å². The average Bonchev–Trinajstić information content (AvgIpc) is 3.27. The van der Waals surface area contributed by atoms with Crippen molar-refractivity contribution in [1.29, 1.82) is 0 Å². The van der Waals surface area contributed by atoms with Gasteiger partial charge in [0.15, 0.2) is 17.2 Å². The van der Waals surface area contributed by atoms with Gasteiger partial charge in [-0.1, -0.05) is 6.07 Å². The van der Waals surface area contributed by atoms with E-state index in [9.17, 15) is 18.4 Å². The first-order valence-electron chi connectivity index (χ1n) is 8.99. The number of furan rings is 1. The van der Waals surface area contributed by atoms with Crippen LogP contribution in [-0.2, 0) is 11.3 Å². The Kier molecular flexibility index (Phi) is 4.62. The van der Waals surface area contributed by atoms with Gasteiger partial charge in [-0.2, -0.15) is 0 Å². The number of aromatic nitrogens is 1. The highest BCUT2D eigenvalue weighted by Crippen LogP contribution is 2.24. The standard InChI is InChI=1S/C20H19F2N3O3/c1-13(26)23-5-7-24(8-6-23)20(27)18-11-19-17(4-9-28-19)25(18)12-14-2-3-15(21)16(22)10-14/h2-4,9-11H,5-8,12H2,1H3. The minimum atomic E-state index is -0.929. The van der Waals surface area contributed by atoms with Crippen LogP contribution in [0.1, 0.15) is 23.0 Å². The summed E-state index contributed by atoms with van der Waals surface area (Å²) in [5.41, 5.74) is 2.20. The number of fused-ring (bicyclic) bond motifs is 1. The molecule has 0 aliphatic carbocycles. The monoisotopic (exact) mass is 387 g/mol. The molecule has 1 aromatic carbocycles. The number of rotatable bonds is 3. The fraction of sp³-hybridized carbons (Fsp3) is 0.300. The molecule has 0 saturated carbocycles. The summed E-state index contributed by atoms with van der Waals surface area (Å²) in [5, 5.41) is 0. The Labute approximate surface area is 159 Å². The second-order valence-electron chi connectivity index (χ2n) is 6.83. The van der Waals surface area contributed by atoms with Crippen LogP contribution in [-0.4, -0.2) is 52.4 Å². The highest BCUT2D eigenvalue weighted by atomic mass is 19.2. The summed E-state index contributed by atoms with van der Waals surface area (Å²) in [6.07, 6.45) is 1.52. The second-order valence-corrected chi connectivity index (χ2v) is 6.83. The molecule has 0 N–H and O–H groups in total. The summed E-state index contributed by atoms with van der Waals surface area (Å²) < 4.78 is 34.0. The van der Waals surface area contributed by atoms with Gasteiger partial charge in [-0.05, 0) is 17.7 Å². The summed E-state index contributed by atoms with van der Waals surface area (Å²) in [7, 11) is 0. The molecule has 1 aliphatic heterocycles. The molecule has 2 aromatic heterocycles. The van der Waals surface area contributed by atoms with Gasteiger partial charge in [-0.25, -0.2) is 8.78 Å². The Bertz CT molecular complexity index is 1050. The molecule has 1 saturated heterocycles. The largest absolute Gasteiger partial charge is 0.463 e. The molecule has 0 radical (unpaired) electrons. The van der Waals surface area contributed by atoms with Crippen molar-refractivity contribution in [2.75, 3.05) is 26.2 Å². The van der Waals surface area contributed by atoms with Crippen LogP contribution in [0.4, 0.5) is 8.78 Å². The summed E-state index contributed by atoms with van der Waals surface area (Å²) in [4.78, 5) is 28.0. The first-order chi connectivity index (χ1) is 13.4. The maximum absolute atomic E-state index is 13.6. The Morgan fingerprint density at radius 3 is 2.39 bits per heavy atom. The van der Waals surface area contributed by atoms with E-state index in [0.29, 0.717) is 48.5 Å². The molecular formula is C20H19F2N3O3. The van der Waals surface area contributed by atoms with Crippen LogP contribution in [0.2, 0.25) is 0 Å². The maximum Gasteiger partial charge on any atom is 0.270 e. The third-order valence-electron chi connectivity index (χ3n) is 5.08. The molecule has 0 bridgehead atoms. The topological polar surface area (TPSA) is 58.7 Å². The summed E-state index contributed by atoms with van der Waals surface area (Å²) in [6, 6.07) is 7.09. The molecule has 3 heterocycles. The fourth-order valence-corrected chi connectivity index (χ4v) is 3.53. The molecule has 2 amide bonds. The van der Waals surface area contributed by atoms with Crippen LogP contribution in [0.25, 0.3) is 11.1 Å². The van der Waals surface area contributed by atoms with Crippen molar-refractivity contribution in [3.63, 3.8) is 0 Å². The van der Waals surface area contributed by atoms with Crippen molar-refractivity contribution >= 4 is 22.9 Å². The van der Waals surface area contributed by atoms with E-state index in [4.69, 9.17) is 4.42 Å². The van der Waals surface area contributed by atoms with E-state index in [1.54, 1.807) is 26.5 Å². The Morgan fingerprint density at radius 2 is 1.71 bits per heavy atom. The third-order valence-corrected chi connectivity index (χ3v) is 5.08. The highest BCUT2D eigenvalue weighted by Gasteiger charge is 2.27. The quantitative estimate of drug-likeness (QED) is 0.694. The Morgan fingerprint density at radius 1 is 1.00 bits per heavy atom. The number of carbonyl (C=O) groups excluding carboxylic acids is 2. The van der Waals surface area contributed by atoms with Gasteiger partial charge in [0.25, 0.3) is 5.91 Å². The van der Waals surface area contributed by atoms with E-state index in [-0.39, 0.29) is 18.4 Å². The average molecular weight is 387 g/mol. The molecule has 3 aromatic rings. The van der Waals surface area contributed by atoms with Crippen molar-refractivity contribution in [2.24, 2.45) is 0 Å². The molecule has 1 aliphatic rings. The lowest BCUT2D eigenvalue weighted by Crippen LogP contribution is -2.50. The Balaban J connectivity index is 1.63. The number of nitrogens with zero attached hydrogens (tertiary/aromatic N) is 3. The summed E-state index contributed by atoms with van der Waals surface area (Å²) in [6.45, 7) is 3.57. The first-order valence-corrected chi connectivity index (χ1v) is 8.99. The molecule has 4 rings (SSSR count). The van der Waals surface area contributed by atoms with E-state index in [0.717, 1.165) is 12.1 Å². The van der Waals surface area contributed by atoms with E-state index in [1.807, 2.05) is 0 Å². The van der Waals surface area contributed by atoms with Gasteiger partial charge in [0.1, 0.15) is 5.69 Å². The summed E-state index contributed by atoms with van der Waals surface area (Å²) in [5.74, 6) is -2.03. The SMILES string of the molecule is CC(=O)N1CCN(C(=O)c2cc3occc3n2Cc2ccc(F)c(F)c2)CC1. The zero-order chi connectivity index (χ0) is 19.8. The minimum Gasteiger partial charge on any atom is -0.463 e. The zero-order valence-electron chi connectivity index (χ0n) is 15.3. The third kappa shape index (κ3) is 3.26. The number of carbonyl (C=O) groups is 2. The van der Waals surface area contributed by atoms with Gasteiger partial charge in [0, 0.05) is 51.8 Å². The van der Waals surface area contributed by atoms with Crippen molar-refractivity contribution in [3.05, 3.63) is 59.5 Å². The van der Waals surface area contributed by atoms with Crippen LogP contribution < -0.4 is 0 Å². The van der Waals surface area contributed by atoms with Crippen LogP contribution >= 0.6 is 0 Å². The molecule has 1 fully saturated rings. The van der Waals surface area contributed by atoms with E-state index in [2.05, 4.69) is 0 Å². The maximum atomic E-state index is 13.6. The number of hydrogen-bond acceptors (Lipinski definition) is 3. The van der Waals surface area contributed by atoms with Gasteiger partial charge >= 0.3 is 0 Å². The van der Waals surface area contributed by atoms with Gasteiger partial charge in [0.2, 0.25) is 5.91 Å². The zero-order valence-corrected chi connectivity index (χ0v) is 15.3. The lowest BCUT2D eigenvalue weighted by atomic mass is 10.2. The lowest BCUT2D eigenvalue weighted by molar-refractivity contribution is -0.130. The predicted molar refractivity (Wildman–Crippen MR) is 97.8 cm³/mol. The molecule has 28 heavy (non-hydrogen) atoms. The number of halogens is 2. The molecule has 0 spiro atoms. The predicted octanol–water partition coefficient (Wildman–Crippen LogP) is 2.87. The van der Waals surface area contributed by atoms with Crippen LogP contribution in [0.3, 0.4) is 0 Å². The number of benzene rings is 1. The summed E-state index contributed by atoms with van der Waals surface area (Å²) >= 11 is 0. The number of hydrogen-bond donors (Lipinski definition) is 0. The van der Waals surface area contributed by atoms with Gasteiger partial charge in [-0.15, -0.1) is 0 Å². The smallest absolute Gasteiger partial charge is 0.270 e. The van der Waals surface area contributed by atoms with Gasteiger partial charge < -0.3 is 18.8 Å². The lowest BCUT2D eigenvalue weighted by Gasteiger charge is -2.34. The molecule has 6 nitrogen and oxygen atoms in total. The number of piperazine rings is 1. The molecule has 8 heteroatoms. The van der Waals surface area contributed by atoms with Crippen molar-refractivity contribution in [1.82, 2.24) is 14.4 Å². The molecule has 0 unspecified atom stereocenters.